The van der Waals surface area contributed by atoms with Gasteiger partial charge < -0.3 is 24.6 Å². The van der Waals surface area contributed by atoms with Crippen molar-refractivity contribution in [2.75, 3.05) is 6.61 Å². The lowest BCUT2D eigenvalue weighted by atomic mass is 10.1. The van der Waals surface area contributed by atoms with Crippen molar-refractivity contribution in [3.05, 3.63) is 35.2 Å². The van der Waals surface area contributed by atoms with E-state index in [2.05, 4.69) is 9.97 Å². The summed E-state index contributed by atoms with van der Waals surface area (Å²) in [6.45, 7) is -0.453. The second-order valence-electron chi connectivity index (χ2n) is 5.55. The van der Waals surface area contributed by atoms with Gasteiger partial charge >= 0.3 is 0 Å². The highest BCUT2D eigenvalue weighted by Crippen LogP contribution is 2.35. The van der Waals surface area contributed by atoms with Crippen LogP contribution in [-0.4, -0.2) is 54.8 Å². The Hall–Kier alpha value is -1.91. The lowest BCUT2D eigenvalue weighted by molar-refractivity contribution is -0.0510. The third-order valence-corrected chi connectivity index (χ3v) is 4.83. The molecule has 7 nitrogen and oxygen atoms in total. The molecule has 4 rings (SSSR count). The SMILES string of the molecule is OCC1O[C@@H](n2cc(F)c3c(-c4ccsc4)ncnc32)[C@@H](O)[C@H]1O. The van der Waals surface area contributed by atoms with E-state index in [0.29, 0.717) is 5.69 Å². The molecule has 9 heteroatoms. The van der Waals surface area contributed by atoms with Crippen molar-refractivity contribution in [2.45, 2.75) is 24.5 Å². The minimum atomic E-state index is -1.31. The molecule has 0 amide bonds. The third-order valence-electron chi connectivity index (χ3n) is 4.15. The topological polar surface area (TPSA) is 101 Å². The fourth-order valence-corrected chi connectivity index (χ4v) is 3.60. The molecule has 1 fully saturated rings. The standard InChI is InChI=1S/C15H14FN3O4S/c16-8-3-19(15-13(22)12(21)9(4-20)23-15)14-10(8)11(17-6-18-14)7-1-2-24-5-7/h1-3,5-6,9,12-13,15,20-22H,4H2/t9?,12-,13-,15+/m0/s1. The molecule has 0 aliphatic carbocycles. The summed E-state index contributed by atoms with van der Waals surface area (Å²) in [6.07, 6.45) is -2.09. The Labute approximate surface area is 139 Å². The van der Waals surface area contributed by atoms with Crippen LogP contribution in [-0.2, 0) is 4.74 Å². The molecule has 0 aromatic carbocycles. The number of ether oxygens (including phenoxy) is 1. The van der Waals surface area contributed by atoms with Crippen LogP contribution in [0.5, 0.6) is 0 Å². The zero-order valence-corrected chi connectivity index (χ0v) is 13.1. The van der Waals surface area contributed by atoms with Crippen molar-refractivity contribution in [1.82, 2.24) is 14.5 Å². The molecule has 1 aliphatic heterocycles. The van der Waals surface area contributed by atoms with Crippen LogP contribution in [0.15, 0.2) is 29.4 Å². The molecule has 3 N–H and O–H groups in total. The largest absolute Gasteiger partial charge is 0.394 e. The summed E-state index contributed by atoms with van der Waals surface area (Å²) in [4.78, 5) is 8.27. The quantitative estimate of drug-likeness (QED) is 0.649. The summed E-state index contributed by atoms with van der Waals surface area (Å²) in [6, 6.07) is 1.83. The maximum Gasteiger partial charge on any atom is 0.164 e. The number of aliphatic hydroxyl groups excluding tert-OH is 3. The van der Waals surface area contributed by atoms with Gasteiger partial charge in [0, 0.05) is 17.1 Å². The molecule has 1 aliphatic rings. The number of hydrogen-bond donors (Lipinski definition) is 3. The van der Waals surface area contributed by atoms with Crippen molar-refractivity contribution in [3.8, 4) is 11.3 Å². The van der Waals surface area contributed by atoms with Crippen LogP contribution in [0.1, 0.15) is 6.23 Å². The fraction of sp³-hybridized carbons (Fsp3) is 0.333. The maximum atomic E-state index is 14.6. The summed E-state index contributed by atoms with van der Waals surface area (Å²) in [5, 5.41) is 33.2. The minimum Gasteiger partial charge on any atom is -0.394 e. The molecular weight excluding hydrogens is 337 g/mol. The van der Waals surface area contributed by atoms with Gasteiger partial charge in [0.15, 0.2) is 12.0 Å². The molecule has 24 heavy (non-hydrogen) atoms. The van der Waals surface area contributed by atoms with Crippen LogP contribution in [0.4, 0.5) is 4.39 Å². The van der Waals surface area contributed by atoms with E-state index < -0.39 is 37.0 Å². The molecule has 1 unspecified atom stereocenters. The number of aromatic nitrogens is 3. The van der Waals surface area contributed by atoms with Crippen molar-refractivity contribution in [3.63, 3.8) is 0 Å². The molecule has 1 saturated heterocycles. The molecule has 0 spiro atoms. The highest BCUT2D eigenvalue weighted by Gasteiger charge is 2.44. The van der Waals surface area contributed by atoms with Crippen LogP contribution >= 0.6 is 11.3 Å². The van der Waals surface area contributed by atoms with E-state index in [-0.39, 0.29) is 11.0 Å². The zero-order valence-electron chi connectivity index (χ0n) is 12.3. The number of halogens is 1. The summed E-state index contributed by atoms with van der Waals surface area (Å²) < 4.78 is 21.4. The van der Waals surface area contributed by atoms with Crippen molar-refractivity contribution in [2.24, 2.45) is 0 Å². The molecule has 0 saturated carbocycles. The van der Waals surface area contributed by atoms with Crippen LogP contribution < -0.4 is 0 Å². The number of hydrogen-bond acceptors (Lipinski definition) is 7. The van der Waals surface area contributed by atoms with Crippen molar-refractivity contribution >= 4 is 22.4 Å². The minimum absolute atomic E-state index is 0.216. The van der Waals surface area contributed by atoms with E-state index >= 15 is 0 Å². The van der Waals surface area contributed by atoms with Crippen LogP contribution in [0.2, 0.25) is 0 Å². The first kappa shape index (κ1) is 15.6. The van der Waals surface area contributed by atoms with Crippen LogP contribution in [0.25, 0.3) is 22.3 Å². The first-order chi connectivity index (χ1) is 11.6. The Kier molecular flexibility index (Phi) is 3.82. The first-order valence-corrected chi connectivity index (χ1v) is 8.22. The number of thiophene rings is 1. The summed E-state index contributed by atoms with van der Waals surface area (Å²) in [7, 11) is 0. The number of rotatable bonds is 3. The van der Waals surface area contributed by atoms with Gasteiger partial charge in [-0.1, -0.05) is 0 Å². The lowest BCUT2D eigenvalue weighted by Gasteiger charge is -2.17. The Balaban J connectivity index is 1.86. The second kappa shape index (κ2) is 5.87. The molecule has 0 radical (unpaired) electrons. The fourth-order valence-electron chi connectivity index (χ4n) is 2.96. The van der Waals surface area contributed by atoms with E-state index in [1.54, 1.807) is 0 Å². The van der Waals surface area contributed by atoms with Gasteiger partial charge in [0.25, 0.3) is 0 Å². The summed E-state index contributed by atoms with van der Waals surface area (Å²) >= 11 is 1.47. The highest BCUT2D eigenvalue weighted by molar-refractivity contribution is 7.08. The van der Waals surface area contributed by atoms with E-state index in [9.17, 15) is 19.7 Å². The van der Waals surface area contributed by atoms with Crippen molar-refractivity contribution < 1.29 is 24.4 Å². The summed E-state index contributed by atoms with van der Waals surface area (Å²) in [5.74, 6) is -0.551. The Morgan fingerprint density at radius 1 is 1.29 bits per heavy atom. The van der Waals surface area contributed by atoms with Gasteiger partial charge in [0.05, 0.1) is 17.7 Å². The van der Waals surface area contributed by atoms with Gasteiger partial charge in [-0.15, -0.1) is 0 Å². The first-order valence-electron chi connectivity index (χ1n) is 7.28. The van der Waals surface area contributed by atoms with Gasteiger partial charge in [-0.25, -0.2) is 14.4 Å². The zero-order chi connectivity index (χ0) is 16.8. The molecule has 126 valence electrons. The second-order valence-corrected chi connectivity index (χ2v) is 6.33. The van der Waals surface area contributed by atoms with Gasteiger partial charge in [-0.05, 0) is 11.4 Å². The van der Waals surface area contributed by atoms with E-state index in [4.69, 9.17) is 4.74 Å². The average molecular weight is 351 g/mol. The number of nitrogens with zero attached hydrogens (tertiary/aromatic N) is 3. The van der Waals surface area contributed by atoms with Crippen LogP contribution in [0.3, 0.4) is 0 Å². The smallest absolute Gasteiger partial charge is 0.164 e. The molecule has 4 atom stereocenters. The predicted octanol–water partition coefficient (Wildman–Crippen LogP) is 0.910. The highest BCUT2D eigenvalue weighted by atomic mass is 32.1. The van der Waals surface area contributed by atoms with Gasteiger partial charge in [0.2, 0.25) is 0 Å². The van der Waals surface area contributed by atoms with E-state index in [0.717, 1.165) is 11.8 Å². The Bertz CT molecular complexity index is 869. The molecule has 0 bridgehead atoms. The monoisotopic (exact) mass is 351 g/mol. The van der Waals surface area contributed by atoms with Crippen LogP contribution in [0, 0.1) is 5.82 Å². The Morgan fingerprint density at radius 2 is 2.12 bits per heavy atom. The van der Waals surface area contributed by atoms with Gasteiger partial charge in [-0.3, -0.25) is 0 Å². The lowest BCUT2D eigenvalue weighted by Crippen LogP contribution is -2.33. The molecular formula is C15H14FN3O4S. The van der Waals surface area contributed by atoms with Crippen molar-refractivity contribution in [1.29, 1.82) is 0 Å². The maximum absolute atomic E-state index is 14.6. The summed E-state index contributed by atoms with van der Waals surface area (Å²) in [5.41, 5.74) is 1.47. The van der Waals surface area contributed by atoms with E-state index in [1.165, 1.54) is 22.2 Å². The number of aliphatic hydroxyl groups is 3. The molecule has 4 heterocycles. The number of fused-ring (bicyclic) bond motifs is 1. The van der Waals surface area contributed by atoms with Gasteiger partial charge in [0.1, 0.15) is 30.3 Å². The normalized spacial score (nSPS) is 27.2. The molecule has 3 aromatic rings. The molecule has 3 aromatic heterocycles. The average Bonchev–Trinajstić information content (AvgIpc) is 3.29. The third kappa shape index (κ3) is 2.25. The predicted molar refractivity (Wildman–Crippen MR) is 83.8 cm³/mol. The van der Waals surface area contributed by atoms with Gasteiger partial charge in [-0.2, -0.15) is 11.3 Å². The van der Waals surface area contributed by atoms with E-state index in [1.807, 2.05) is 16.8 Å². The Morgan fingerprint density at radius 3 is 2.79 bits per heavy atom.